The first-order valence-corrected chi connectivity index (χ1v) is 7.56. The highest BCUT2D eigenvalue weighted by molar-refractivity contribution is 7.83. The number of hydrogen-bond acceptors (Lipinski definition) is 3. The summed E-state index contributed by atoms with van der Waals surface area (Å²) in [5.74, 6) is -0.509. The van der Waals surface area contributed by atoms with E-state index >= 15 is 0 Å². The average Bonchev–Trinajstić information content (AvgIpc) is 2.39. The van der Waals surface area contributed by atoms with E-state index in [1.54, 1.807) is 12.1 Å². The number of hydrogen-bond donors (Lipinski definition) is 2. The highest BCUT2D eigenvalue weighted by Gasteiger charge is 2.15. The molecule has 0 bridgehead atoms. The molecule has 5 heteroatoms. The second-order valence-corrected chi connectivity index (χ2v) is 5.86. The number of carboxylic acid groups (broad SMARTS) is 1. The number of nitrogen functional groups attached to an aromatic ring is 1. The van der Waals surface area contributed by atoms with Gasteiger partial charge in [0, 0.05) is 28.0 Å². The molecule has 0 heterocycles. The molecule has 20 heavy (non-hydrogen) atoms. The van der Waals surface area contributed by atoms with Crippen LogP contribution >= 0.6 is 0 Å². The van der Waals surface area contributed by atoms with Gasteiger partial charge < -0.3 is 10.8 Å². The molecule has 1 atom stereocenters. The van der Waals surface area contributed by atoms with E-state index in [0.717, 1.165) is 5.56 Å². The first-order valence-electron chi connectivity index (χ1n) is 6.07. The van der Waals surface area contributed by atoms with Crippen molar-refractivity contribution in [2.24, 2.45) is 0 Å². The van der Waals surface area contributed by atoms with E-state index in [4.69, 9.17) is 5.73 Å². The summed E-state index contributed by atoms with van der Waals surface area (Å²) >= 11 is 0. The van der Waals surface area contributed by atoms with Crippen molar-refractivity contribution in [3.63, 3.8) is 0 Å². The monoisotopic (exact) mass is 289 g/mol. The van der Waals surface area contributed by atoms with Crippen molar-refractivity contribution in [2.75, 3.05) is 5.73 Å². The van der Waals surface area contributed by atoms with Gasteiger partial charge in [-0.3, -0.25) is 4.21 Å². The number of carboxylic acids is 1. The minimum atomic E-state index is -1.18. The van der Waals surface area contributed by atoms with Crippen molar-refractivity contribution < 1.29 is 14.1 Å². The molecule has 0 spiro atoms. The van der Waals surface area contributed by atoms with Crippen LogP contribution in [0, 0.1) is 0 Å². The predicted molar refractivity (Wildman–Crippen MR) is 79.8 cm³/mol. The van der Waals surface area contributed by atoms with Crippen molar-refractivity contribution in [1.29, 1.82) is 0 Å². The lowest BCUT2D eigenvalue weighted by Gasteiger charge is -2.08. The molecule has 3 N–H and O–H groups in total. The Hall–Kier alpha value is -2.14. The average molecular weight is 289 g/mol. The molecule has 1 unspecified atom stereocenters. The van der Waals surface area contributed by atoms with Crippen LogP contribution < -0.4 is 5.73 Å². The van der Waals surface area contributed by atoms with Gasteiger partial charge in [0.25, 0.3) is 0 Å². The summed E-state index contributed by atoms with van der Waals surface area (Å²) in [5, 5.41) is 9.17. The van der Waals surface area contributed by atoms with Gasteiger partial charge in [-0.1, -0.05) is 42.5 Å². The molecule has 0 aliphatic rings. The smallest absolute Gasteiger partial charge is 0.338 e. The number of carbonyl (C=O) groups is 1. The topological polar surface area (TPSA) is 80.4 Å². The van der Waals surface area contributed by atoms with Gasteiger partial charge >= 0.3 is 5.97 Å². The first-order chi connectivity index (χ1) is 9.58. The van der Waals surface area contributed by atoms with Crippen molar-refractivity contribution in [2.45, 2.75) is 11.5 Å². The maximum atomic E-state index is 12.1. The second-order valence-electron chi connectivity index (χ2n) is 4.40. The fraction of sp³-hybridized carbons (Fsp3) is 0.133. The van der Waals surface area contributed by atoms with Gasteiger partial charge in [0.05, 0.1) is 5.56 Å². The van der Waals surface area contributed by atoms with Crippen LogP contribution in [0.5, 0.6) is 0 Å². The Morgan fingerprint density at radius 2 is 1.75 bits per heavy atom. The zero-order valence-electron chi connectivity index (χ0n) is 10.8. The SMILES string of the molecule is Nc1cccc(CS(=O)Cc2ccccc2)c1C(=O)O. The lowest BCUT2D eigenvalue weighted by Crippen LogP contribution is -2.09. The maximum Gasteiger partial charge on any atom is 0.338 e. The molecule has 0 fully saturated rings. The minimum Gasteiger partial charge on any atom is -0.478 e. The highest BCUT2D eigenvalue weighted by atomic mass is 32.2. The summed E-state index contributed by atoms with van der Waals surface area (Å²) in [7, 11) is -1.18. The van der Waals surface area contributed by atoms with Crippen LogP contribution in [0.25, 0.3) is 0 Å². The predicted octanol–water partition coefficient (Wildman–Crippen LogP) is 2.42. The Kier molecular flexibility index (Phi) is 4.53. The van der Waals surface area contributed by atoms with Crippen LogP contribution in [-0.2, 0) is 22.3 Å². The summed E-state index contributed by atoms with van der Waals surface area (Å²) in [6, 6.07) is 14.3. The van der Waals surface area contributed by atoms with Crippen LogP contribution in [0.1, 0.15) is 21.5 Å². The molecular formula is C15H15NO3S. The molecular weight excluding hydrogens is 274 g/mol. The van der Waals surface area contributed by atoms with Gasteiger partial charge in [0.2, 0.25) is 0 Å². The third-order valence-electron chi connectivity index (χ3n) is 2.88. The standard InChI is InChI=1S/C15H15NO3S/c16-13-8-4-7-12(14(13)15(17)18)10-20(19)9-11-5-2-1-3-6-11/h1-8H,9-10,16H2,(H,17,18). The Balaban J connectivity index is 2.16. The van der Waals surface area contributed by atoms with E-state index in [2.05, 4.69) is 0 Å². The van der Waals surface area contributed by atoms with Gasteiger partial charge in [0.15, 0.2) is 0 Å². The molecule has 0 saturated heterocycles. The molecule has 0 amide bonds. The van der Waals surface area contributed by atoms with E-state index in [1.165, 1.54) is 6.07 Å². The van der Waals surface area contributed by atoms with Crippen molar-refractivity contribution in [3.05, 3.63) is 65.2 Å². The quantitative estimate of drug-likeness (QED) is 0.828. The molecule has 4 nitrogen and oxygen atoms in total. The van der Waals surface area contributed by atoms with E-state index < -0.39 is 16.8 Å². The minimum absolute atomic E-state index is 0.0499. The van der Waals surface area contributed by atoms with Crippen molar-refractivity contribution >= 4 is 22.5 Å². The van der Waals surface area contributed by atoms with E-state index in [9.17, 15) is 14.1 Å². The molecule has 2 aromatic carbocycles. The largest absolute Gasteiger partial charge is 0.478 e. The van der Waals surface area contributed by atoms with Gasteiger partial charge in [0.1, 0.15) is 0 Å². The molecule has 2 rings (SSSR count). The summed E-state index contributed by atoms with van der Waals surface area (Å²) < 4.78 is 12.1. The van der Waals surface area contributed by atoms with Gasteiger partial charge in [-0.15, -0.1) is 0 Å². The molecule has 0 saturated carbocycles. The highest BCUT2D eigenvalue weighted by Crippen LogP contribution is 2.19. The third kappa shape index (κ3) is 3.45. The normalized spacial score (nSPS) is 12.0. The number of anilines is 1. The Bertz CT molecular complexity index is 641. The van der Waals surface area contributed by atoms with Crippen LogP contribution in [0.4, 0.5) is 5.69 Å². The van der Waals surface area contributed by atoms with Crippen LogP contribution in [0.15, 0.2) is 48.5 Å². The molecule has 0 aliphatic carbocycles. The van der Waals surface area contributed by atoms with E-state index in [-0.39, 0.29) is 17.0 Å². The number of nitrogens with two attached hydrogens (primary N) is 1. The number of benzene rings is 2. The molecule has 0 aliphatic heterocycles. The molecule has 2 aromatic rings. The molecule has 0 aromatic heterocycles. The van der Waals surface area contributed by atoms with Crippen LogP contribution in [0.2, 0.25) is 0 Å². The van der Waals surface area contributed by atoms with E-state index in [1.807, 2.05) is 30.3 Å². The fourth-order valence-corrected chi connectivity index (χ4v) is 3.24. The third-order valence-corrected chi connectivity index (χ3v) is 4.17. The Morgan fingerprint density at radius 3 is 2.40 bits per heavy atom. The van der Waals surface area contributed by atoms with Crippen LogP contribution in [-0.4, -0.2) is 15.3 Å². The summed E-state index contributed by atoms with van der Waals surface area (Å²) in [5.41, 5.74) is 7.39. The van der Waals surface area contributed by atoms with Gasteiger partial charge in [-0.05, 0) is 17.2 Å². The number of rotatable bonds is 5. The Morgan fingerprint density at radius 1 is 1.05 bits per heavy atom. The molecule has 104 valence electrons. The zero-order valence-corrected chi connectivity index (χ0v) is 11.6. The summed E-state index contributed by atoms with van der Waals surface area (Å²) in [4.78, 5) is 11.2. The van der Waals surface area contributed by atoms with Crippen molar-refractivity contribution in [3.8, 4) is 0 Å². The lowest BCUT2D eigenvalue weighted by molar-refractivity contribution is 0.0697. The molecule has 0 radical (unpaired) electrons. The van der Waals surface area contributed by atoms with E-state index in [0.29, 0.717) is 11.3 Å². The first kappa shape index (κ1) is 14.3. The second kappa shape index (κ2) is 6.34. The summed E-state index contributed by atoms with van der Waals surface area (Å²) in [6.07, 6.45) is 0. The Labute approximate surface area is 119 Å². The maximum absolute atomic E-state index is 12.1. The van der Waals surface area contributed by atoms with Crippen molar-refractivity contribution in [1.82, 2.24) is 0 Å². The number of aromatic carboxylic acids is 1. The summed E-state index contributed by atoms with van der Waals surface area (Å²) in [6.45, 7) is 0. The van der Waals surface area contributed by atoms with Crippen LogP contribution in [0.3, 0.4) is 0 Å². The van der Waals surface area contributed by atoms with Gasteiger partial charge in [-0.25, -0.2) is 4.79 Å². The lowest BCUT2D eigenvalue weighted by atomic mass is 10.1. The van der Waals surface area contributed by atoms with Gasteiger partial charge in [-0.2, -0.15) is 0 Å². The zero-order chi connectivity index (χ0) is 14.5. The fourth-order valence-electron chi connectivity index (χ4n) is 1.99.